The van der Waals surface area contributed by atoms with Gasteiger partial charge in [-0.3, -0.25) is 4.79 Å². The Morgan fingerprint density at radius 1 is 1.36 bits per heavy atom. The molecule has 0 radical (unpaired) electrons. The van der Waals surface area contributed by atoms with E-state index in [9.17, 15) is 17.6 Å². The maximum Gasteiger partial charge on any atom is 0.243 e. The molecular weight excluding hydrogens is 309 g/mol. The van der Waals surface area contributed by atoms with E-state index in [2.05, 4.69) is 15.4 Å². The Morgan fingerprint density at radius 3 is 2.82 bits per heavy atom. The van der Waals surface area contributed by atoms with Gasteiger partial charge < -0.3 is 10.6 Å². The summed E-state index contributed by atoms with van der Waals surface area (Å²) in [5.41, 5.74) is 0. The summed E-state index contributed by atoms with van der Waals surface area (Å²) in [6.07, 6.45) is 1.94. The van der Waals surface area contributed by atoms with Gasteiger partial charge in [0.25, 0.3) is 0 Å². The normalized spacial score (nSPS) is 18.9. The van der Waals surface area contributed by atoms with E-state index in [1.165, 1.54) is 18.2 Å². The average Bonchev–Trinajstić information content (AvgIpc) is 2.48. The van der Waals surface area contributed by atoms with Crippen LogP contribution in [0.15, 0.2) is 29.2 Å². The number of piperidine rings is 1. The molecule has 6 nitrogen and oxygen atoms in total. The summed E-state index contributed by atoms with van der Waals surface area (Å²) in [6, 6.07) is 5.22. The number of benzene rings is 1. The summed E-state index contributed by atoms with van der Waals surface area (Å²) in [5.74, 6) is -1.03. The molecule has 1 heterocycles. The van der Waals surface area contributed by atoms with Gasteiger partial charge in [-0.1, -0.05) is 12.1 Å². The number of rotatable bonds is 6. The van der Waals surface area contributed by atoms with E-state index in [1.807, 2.05) is 0 Å². The smallest absolute Gasteiger partial charge is 0.243 e. The zero-order valence-corrected chi connectivity index (χ0v) is 13.0. The van der Waals surface area contributed by atoms with E-state index in [4.69, 9.17) is 0 Å². The van der Waals surface area contributed by atoms with Crippen LogP contribution in [0.4, 0.5) is 4.39 Å². The first kappa shape index (κ1) is 16.9. The Bertz CT molecular complexity index is 616. The first-order valence-electron chi connectivity index (χ1n) is 7.23. The van der Waals surface area contributed by atoms with E-state index in [0.29, 0.717) is 0 Å². The quantitative estimate of drug-likeness (QED) is 0.703. The topological polar surface area (TPSA) is 87.3 Å². The molecule has 22 heavy (non-hydrogen) atoms. The molecule has 1 saturated heterocycles. The predicted octanol–water partition coefficient (Wildman–Crippen LogP) is 0.362. The van der Waals surface area contributed by atoms with Gasteiger partial charge in [-0.2, -0.15) is 0 Å². The van der Waals surface area contributed by atoms with Crippen LogP contribution < -0.4 is 15.4 Å². The maximum absolute atomic E-state index is 13.5. The zero-order valence-electron chi connectivity index (χ0n) is 12.1. The number of amides is 1. The van der Waals surface area contributed by atoms with E-state index < -0.39 is 20.7 Å². The lowest BCUT2D eigenvalue weighted by atomic mass is 10.1. The molecule has 1 aliphatic rings. The average molecular weight is 329 g/mol. The Kier molecular flexibility index (Phi) is 5.87. The minimum Gasteiger partial charge on any atom is -0.352 e. The number of sulfonamides is 1. The second-order valence-corrected chi connectivity index (χ2v) is 6.92. The molecule has 3 N–H and O–H groups in total. The van der Waals surface area contributed by atoms with Gasteiger partial charge in [-0.15, -0.1) is 0 Å². The lowest BCUT2D eigenvalue weighted by Crippen LogP contribution is -2.46. The van der Waals surface area contributed by atoms with Gasteiger partial charge in [0, 0.05) is 25.6 Å². The third-order valence-electron chi connectivity index (χ3n) is 3.43. The second kappa shape index (κ2) is 7.66. The highest BCUT2D eigenvalue weighted by molar-refractivity contribution is 7.89. The number of hydrogen-bond acceptors (Lipinski definition) is 4. The maximum atomic E-state index is 13.5. The number of hydrogen-bond donors (Lipinski definition) is 3. The molecule has 1 aliphatic heterocycles. The molecule has 0 spiro atoms. The summed E-state index contributed by atoms with van der Waals surface area (Å²) < 4.78 is 39.6. The van der Waals surface area contributed by atoms with Crippen LogP contribution in [0.3, 0.4) is 0 Å². The number of carbonyl (C=O) groups is 1. The van der Waals surface area contributed by atoms with Crippen LogP contribution in [0.1, 0.15) is 19.3 Å². The highest BCUT2D eigenvalue weighted by atomic mass is 32.2. The van der Waals surface area contributed by atoms with Gasteiger partial charge in [0.2, 0.25) is 15.9 Å². The van der Waals surface area contributed by atoms with Crippen molar-refractivity contribution in [3.8, 4) is 0 Å². The van der Waals surface area contributed by atoms with Crippen molar-refractivity contribution in [3.63, 3.8) is 0 Å². The van der Waals surface area contributed by atoms with Gasteiger partial charge in [0.15, 0.2) is 0 Å². The van der Waals surface area contributed by atoms with E-state index in [1.54, 1.807) is 0 Å². The largest absolute Gasteiger partial charge is 0.352 e. The third kappa shape index (κ3) is 4.75. The molecule has 122 valence electrons. The number of nitrogens with one attached hydrogen (secondary N) is 3. The van der Waals surface area contributed by atoms with Crippen molar-refractivity contribution in [1.29, 1.82) is 0 Å². The minimum absolute atomic E-state index is 0.0180. The molecule has 8 heteroatoms. The van der Waals surface area contributed by atoms with Crippen LogP contribution >= 0.6 is 0 Å². The summed E-state index contributed by atoms with van der Waals surface area (Å²) in [6.45, 7) is 1.62. The molecule has 0 saturated carbocycles. The van der Waals surface area contributed by atoms with E-state index in [0.717, 1.165) is 32.0 Å². The molecule has 1 aromatic carbocycles. The first-order valence-corrected chi connectivity index (χ1v) is 8.71. The molecule has 0 aromatic heterocycles. The van der Waals surface area contributed by atoms with Crippen LogP contribution in [0, 0.1) is 5.82 Å². The number of halogens is 1. The van der Waals surface area contributed by atoms with Crippen LogP contribution in [0.5, 0.6) is 0 Å². The van der Waals surface area contributed by atoms with Crippen LogP contribution in [-0.4, -0.2) is 40.0 Å². The van der Waals surface area contributed by atoms with Crippen molar-refractivity contribution in [3.05, 3.63) is 30.1 Å². The highest BCUT2D eigenvalue weighted by Crippen LogP contribution is 2.12. The molecule has 1 aromatic rings. The summed E-state index contributed by atoms with van der Waals surface area (Å²) in [7, 11) is -3.94. The van der Waals surface area contributed by atoms with E-state index >= 15 is 0 Å². The lowest BCUT2D eigenvalue weighted by molar-refractivity contribution is -0.121. The lowest BCUT2D eigenvalue weighted by Gasteiger charge is -2.23. The minimum atomic E-state index is -3.94. The van der Waals surface area contributed by atoms with E-state index in [-0.39, 0.29) is 24.9 Å². The van der Waals surface area contributed by atoms with Crippen LogP contribution in [0.25, 0.3) is 0 Å². The molecule has 1 amide bonds. The predicted molar refractivity (Wildman–Crippen MR) is 80.2 cm³/mol. The Morgan fingerprint density at radius 2 is 2.14 bits per heavy atom. The molecule has 1 fully saturated rings. The van der Waals surface area contributed by atoms with Crippen LogP contribution in [-0.2, 0) is 14.8 Å². The molecule has 0 aliphatic carbocycles. The fraction of sp³-hybridized carbons (Fsp3) is 0.500. The van der Waals surface area contributed by atoms with Crippen molar-refractivity contribution in [1.82, 2.24) is 15.4 Å². The fourth-order valence-electron chi connectivity index (χ4n) is 2.31. The Hall–Kier alpha value is -1.51. The first-order chi connectivity index (χ1) is 10.5. The summed E-state index contributed by atoms with van der Waals surface area (Å²) >= 11 is 0. The van der Waals surface area contributed by atoms with Gasteiger partial charge in [-0.05, 0) is 31.5 Å². The Balaban J connectivity index is 1.80. The molecule has 0 bridgehead atoms. The molecular formula is C14H20FN3O3S. The van der Waals surface area contributed by atoms with Crippen molar-refractivity contribution in [2.75, 3.05) is 19.6 Å². The van der Waals surface area contributed by atoms with Gasteiger partial charge >= 0.3 is 0 Å². The molecule has 2 rings (SSSR count). The SMILES string of the molecule is O=C(CCNS(=O)(=O)c1ccccc1F)N[C@H]1CCCNC1. The monoisotopic (exact) mass is 329 g/mol. The fourth-order valence-corrected chi connectivity index (χ4v) is 3.42. The second-order valence-electron chi connectivity index (χ2n) is 5.19. The van der Waals surface area contributed by atoms with Crippen molar-refractivity contribution < 1.29 is 17.6 Å². The van der Waals surface area contributed by atoms with Gasteiger partial charge in [0.05, 0.1) is 0 Å². The zero-order chi connectivity index (χ0) is 16.0. The van der Waals surface area contributed by atoms with Crippen molar-refractivity contribution >= 4 is 15.9 Å². The van der Waals surface area contributed by atoms with Gasteiger partial charge in [0.1, 0.15) is 10.7 Å². The van der Waals surface area contributed by atoms with Gasteiger partial charge in [-0.25, -0.2) is 17.5 Å². The standard InChI is InChI=1S/C14H20FN3O3S/c15-12-5-1-2-6-13(12)22(20,21)17-9-7-14(19)18-11-4-3-8-16-10-11/h1-2,5-6,11,16-17H,3-4,7-10H2,(H,18,19)/t11-/m0/s1. The number of carbonyl (C=O) groups excluding carboxylic acids is 1. The Labute approximate surface area is 129 Å². The van der Waals surface area contributed by atoms with Crippen LogP contribution in [0.2, 0.25) is 0 Å². The molecule has 0 unspecified atom stereocenters. The molecule has 1 atom stereocenters. The van der Waals surface area contributed by atoms with Crippen molar-refractivity contribution in [2.45, 2.75) is 30.2 Å². The summed E-state index contributed by atoms with van der Waals surface area (Å²) in [4.78, 5) is 11.3. The van der Waals surface area contributed by atoms with Crippen molar-refractivity contribution in [2.24, 2.45) is 0 Å². The third-order valence-corrected chi connectivity index (χ3v) is 4.93. The highest BCUT2D eigenvalue weighted by Gasteiger charge is 2.19. The summed E-state index contributed by atoms with van der Waals surface area (Å²) in [5, 5.41) is 6.03.